The Labute approximate surface area is 276 Å². The molecule has 47 heavy (non-hydrogen) atoms. The second-order valence-corrected chi connectivity index (χ2v) is 12.8. The van der Waals surface area contributed by atoms with Crippen molar-refractivity contribution in [2.75, 3.05) is 43.4 Å². The monoisotopic (exact) mass is 649 g/mol. The molecule has 1 atom stereocenters. The van der Waals surface area contributed by atoms with E-state index in [1.165, 1.54) is 32.1 Å². The number of likely N-dealkylation sites (tertiary alicyclic amines) is 1. The van der Waals surface area contributed by atoms with Crippen LogP contribution >= 0.6 is 0 Å². The molecular formula is C34H51N9O4. The van der Waals surface area contributed by atoms with Crippen molar-refractivity contribution in [3.8, 4) is 0 Å². The molecule has 7 N–H and O–H groups in total. The maximum absolute atomic E-state index is 12.6. The molecule has 3 aromatic rings. The molecule has 0 unspecified atom stereocenters. The van der Waals surface area contributed by atoms with Crippen molar-refractivity contribution >= 4 is 34.5 Å². The van der Waals surface area contributed by atoms with Crippen molar-refractivity contribution in [3.05, 3.63) is 41.8 Å². The first-order valence-electron chi connectivity index (χ1n) is 17.4. The Morgan fingerprint density at radius 2 is 1.79 bits per heavy atom. The molecule has 5 rings (SSSR count). The summed E-state index contributed by atoms with van der Waals surface area (Å²) < 4.78 is 5.58. The lowest BCUT2D eigenvalue weighted by Gasteiger charge is -2.33. The third kappa shape index (κ3) is 10.9. The maximum atomic E-state index is 12.6. The van der Waals surface area contributed by atoms with Crippen LogP contribution in [0.2, 0.25) is 0 Å². The van der Waals surface area contributed by atoms with E-state index < -0.39 is 12.0 Å². The number of aromatic nitrogens is 3. The summed E-state index contributed by atoms with van der Waals surface area (Å²) in [7, 11) is 0. The predicted molar refractivity (Wildman–Crippen MR) is 182 cm³/mol. The van der Waals surface area contributed by atoms with Crippen LogP contribution < -0.4 is 27.0 Å². The largest absolute Gasteiger partial charge is 0.480 e. The zero-order chi connectivity index (χ0) is 32.8. The summed E-state index contributed by atoms with van der Waals surface area (Å²) in [6, 6.07) is 9.73. The molecule has 1 saturated carbocycles. The van der Waals surface area contributed by atoms with E-state index in [0.717, 1.165) is 86.0 Å². The van der Waals surface area contributed by atoms with Gasteiger partial charge in [-0.25, -0.2) is 4.98 Å². The third-order valence-corrected chi connectivity index (χ3v) is 9.16. The van der Waals surface area contributed by atoms with Crippen molar-refractivity contribution in [2.45, 2.75) is 102 Å². The highest BCUT2D eigenvalue weighted by Gasteiger charge is 2.25. The van der Waals surface area contributed by atoms with E-state index in [0.29, 0.717) is 25.6 Å². The Hall–Kier alpha value is -3.81. The molecule has 1 aromatic carbocycles. The van der Waals surface area contributed by atoms with E-state index in [-0.39, 0.29) is 24.8 Å². The van der Waals surface area contributed by atoms with E-state index in [4.69, 9.17) is 25.3 Å². The molecule has 1 saturated heterocycles. The summed E-state index contributed by atoms with van der Waals surface area (Å²) in [6.07, 6.45) is 11.6. The van der Waals surface area contributed by atoms with Gasteiger partial charge in [0.1, 0.15) is 23.3 Å². The number of nitrogens with two attached hydrogens (primary N) is 1. The van der Waals surface area contributed by atoms with Crippen molar-refractivity contribution in [1.82, 2.24) is 30.7 Å². The lowest BCUT2D eigenvalue weighted by atomic mass is 9.95. The number of carboxylic acids is 1. The fourth-order valence-electron chi connectivity index (χ4n) is 6.36. The van der Waals surface area contributed by atoms with E-state index in [1.54, 1.807) is 4.90 Å². The highest BCUT2D eigenvalue weighted by molar-refractivity contribution is 5.90. The Kier molecular flexibility index (Phi) is 13.2. The number of fused-ring (bicyclic) bond motifs is 1. The molecule has 13 nitrogen and oxygen atoms in total. The number of carboxylic acid groups (broad SMARTS) is 1. The summed E-state index contributed by atoms with van der Waals surface area (Å²) in [6.45, 7) is 4.70. The molecule has 0 spiro atoms. The topological polar surface area (TPSA) is 184 Å². The van der Waals surface area contributed by atoms with Gasteiger partial charge in [0.25, 0.3) is 0 Å². The van der Waals surface area contributed by atoms with Crippen LogP contribution in [0, 0.1) is 0 Å². The van der Waals surface area contributed by atoms with Crippen molar-refractivity contribution in [2.24, 2.45) is 5.73 Å². The Balaban J connectivity index is 1.03. The fourth-order valence-corrected chi connectivity index (χ4v) is 6.36. The second kappa shape index (κ2) is 17.9. The number of aliphatic carboxylic acids is 1. The molecule has 1 amide bonds. The molecule has 3 heterocycles. The Morgan fingerprint density at radius 1 is 1.00 bits per heavy atom. The number of carbonyl (C=O) groups excluding carboxylic acids is 1. The number of carbonyl (C=O) groups is 2. The van der Waals surface area contributed by atoms with Crippen LogP contribution in [-0.4, -0.2) is 87.9 Å². The zero-order valence-electron chi connectivity index (χ0n) is 27.4. The van der Waals surface area contributed by atoms with Gasteiger partial charge in [0.15, 0.2) is 0 Å². The van der Waals surface area contributed by atoms with Crippen molar-refractivity contribution in [1.29, 1.82) is 0 Å². The van der Waals surface area contributed by atoms with Crippen LogP contribution in [0.5, 0.6) is 0 Å². The molecule has 2 fully saturated rings. The van der Waals surface area contributed by atoms with Gasteiger partial charge in [-0.3, -0.25) is 9.59 Å². The molecule has 2 aliphatic rings. The lowest BCUT2D eigenvalue weighted by molar-refractivity contribution is -0.139. The lowest BCUT2D eigenvalue weighted by Crippen LogP contribution is -2.43. The fraction of sp³-hybridized carbons (Fsp3) is 0.618. The van der Waals surface area contributed by atoms with Gasteiger partial charge in [-0.2, -0.15) is 4.98 Å². The van der Waals surface area contributed by atoms with Gasteiger partial charge < -0.3 is 41.5 Å². The van der Waals surface area contributed by atoms with Crippen molar-refractivity contribution < 1.29 is 19.2 Å². The molecule has 0 bridgehead atoms. The quantitative estimate of drug-likeness (QED) is 0.110. The molecule has 1 aliphatic carbocycles. The van der Waals surface area contributed by atoms with Gasteiger partial charge in [-0.05, 0) is 76.7 Å². The number of para-hydroxylation sites is 1. The molecule has 0 radical (unpaired) electrons. The van der Waals surface area contributed by atoms with Crippen molar-refractivity contribution in [3.63, 3.8) is 0 Å². The van der Waals surface area contributed by atoms with E-state index in [2.05, 4.69) is 26.4 Å². The average Bonchev–Trinajstić information content (AvgIpc) is 3.55. The van der Waals surface area contributed by atoms with Gasteiger partial charge in [0.2, 0.25) is 11.9 Å². The minimum absolute atomic E-state index is 0.0557. The zero-order valence-corrected chi connectivity index (χ0v) is 27.4. The summed E-state index contributed by atoms with van der Waals surface area (Å²) in [4.78, 5) is 34.8. The van der Waals surface area contributed by atoms with Gasteiger partial charge in [0, 0.05) is 49.5 Å². The summed E-state index contributed by atoms with van der Waals surface area (Å²) in [5.74, 6) is 0.979. The highest BCUT2D eigenvalue weighted by Crippen LogP contribution is 2.25. The maximum Gasteiger partial charge on any atom is 0.320 e. The van der Waals surface area contributed by atoms with Crippen LogP contribution in [0.15, 0.2) is 34.9 Å². The number of anilines is 2. The molecule has 2 aromatic heterocycles. The van der Waals surface area contributed by atoms with E-state index in [9.17, 15) is 9.59 Å². The van der Waals surface area contributed by atoms with Crippen LogP contribution in [0.25, 0.3) is 10.9 Å². The first-order valence-corrected chi connectivity index (χ1v) is 17.4. The highest BCUT2D eigenvalue weighted by atomic mass is 16.5. The van der Waals surface area contributed by atoms with Gasteiger partial charge in [-0.1, -0.05) is 36.6 Å². The number of piperidine rings is 1. The van der Waals surface area contributed by atoms with E-state index >= 15 is 0 Å². The average molecular weight is 650 g/mol. The Morgan fingerprint density at radius 3 is 2.60 bits per heavy atom. The predicted octanol–water partition coefficient (Wildman–Crippen LogP) is 3.66. The number of benzene rings is 1. The molecule has 1 aliphatic heterocycles. The Bertz CT molecular complexity index is 1420. The SMILES string of the molecule is N[C@@H](CCC(=O)N1CCC(Nc2nc(NCc3cc(CCCNCCCNC4CCCCC4)on3)nc3ccccc23)CC1)C(=O)O. The van der Waals surface area contributed by atoms with Gasteiger partial charge in [-0.15, -0.1) is 0 Å². The minimum atomic E-state index is -1.08. The number of hydrogen-bond donors (Lipinski definition) is 6. The van der Waals surface area contributed by atoms with Crippen LogP contribution in [0.4, 0.5) is 11.8 Å². The minimum Gasteiger partial charge on any atom is -0.480 e. The number of rotatable bonds is 18. The van der Waals surface area contributed by atoms with Crippen LogP contribution in [0.1, 0.15) is 82.1 Å². The molecule has 256 valence electrons. The number of nitrogens with zero attached hydrogens (tertiary/aromatic N) is 4. The van der Waals surface area contributed by atoms with Crippen LogP contribution in [-0.2, 0) is 22.6 Å². The van der Waals surface area contributed by atoms with Crippen LogP contribution in [0.3, 0.4) is 0 Å². The first-order chi connectivity index (χ1) is 22.9. The molecule has 13 heteroatoms. The van der Waals surface area contributed by atoms with Gasteiger partial charge in [0.05, 0.1) is 12.1 Å². The smallest absolute Gasteiger partial charge is 0.320 e. The number of aryl methyl sites for hydroxylation is 1. The summed E-state index contributed by atoms with van der Waals surface area (Å²) >= 11 is 0. The van der Waals surface area contributed by atoms with E-state index in [1.807, 2.05) is 30.3 Å². The summed E-state index contributed by atoms with van der Waals surface area (Å²) in [5.41, 5.74) is 7.19. The third-order valence-electron chi connectivity index (χ3n) is 9.16. The molecular weight excluding hydrogens is 598 g/mol. The number of hydrogen-bond acceptors (Lipinski definition) is 11. The first kappa shape index (κ1) is 34.5. The second-order valence-electron chi connectivity index (χ2n) is 12.8. The summed E-state index contributed by atoms with van der Waals surface area (Å²) in [5, 5.41) is 28.3. The number of nitrogens with one attached hydrogen (secondary N) is 4. The van der Waals surface area contributed by atoms with Gasteiger partial charge >= 0.3 is 5.97 Å². The number of amides is 1. The standard InChI is InChI=1S/C34H51N9O4/c35-29(33(45)46)13-14-31(44)43-20-15-25(16-21-43)39-32-28-11-4-5-12-30(28)40-34(41-32)38-23-26-22-27(47-42-26)10-6-17-36-18-7-19-37-24-8-2-1-3-9-24/h4-5,11-12,22,24-25,29,36-37H,1-3,6-10,13-21,23,35H2,(H,45,46)(H2,38,39,40,41)/t29-/m0/s1. The normalized spacial score (nSPS) is 16.7.